The van der Waals surface area contributed by atoms with Gasteiger partial charge in [0.25, 0.3) is 0 Å². The fourth-order valence-electron chi connectivity index (χ4n) is 1.72. The van der Waals surface area contributed by atoms with Crippen LogP contribution in [-0.2, 0) is 11.8 Å². The maximum Gasteiger partial charge on any atom is 0.226 e. The molecule has 2 N–H and O–H groups in total. The summed E-state index contributed by atoms with van der Waals surface area (Å²) < 4.78 is 1.99. The van der Waals surface area contributed by atoms with Gasteiger partial charge in [0.1, 0.15) is 5.82 Å². The van der Waals surface area contributed by atoms with E-state index in [0.29, 0.717) is 5.69 Å². The number of aliphatic hydroxyl groups is 1. The number of nitrogens with zero attached hydrogens (tertiary/aromatic N) is 2. The third kappa shape index (κ3) is 2.29. The van der Waals surface area contributed by atoms with Crippen LogP contribution in [-0.4, -0.2) is 27.2 Å². The molecule has 2 rings (SSSR count). The summed E-state index contributed by atoms with van der Waals surface area (Å²) in [6, 6.07) is 5.58. The molecule has 1 amide bonds. The van der Waals surface area contributed by atoms with Gasteiger partial charge in [0.2, 0.25) is 5.91 Å². The van der Waals surface area contributed by atoms with Crippen molar-refractivity contribution in [2.24, 2.45) is 7.05 Å². The quantitative estimate of drug-likeness (QED) is 0.837. The normalized spacial score (nSPS) is 10.8. The Morgan fingerprint density at radius 1 is 1.53 bits per heavy atom. The van der Waals surface area contributed by atoms with Gasteiger partial charge < -0.3 is 15.0 Å². The van der Waals surface area contributed by atoms with E-state index in [1.165, 1.54) is 0 Å². The van der Waals surface area contributed by atoms with Gasteiger partial charge in [-0.15, -0.1) is 0 Å². The number of nitrogens with one attached hydrogen (secondary N) is 1. The molecule has 0 aliphatic heterocycles. The molecule has 0 aliphatic rings. The Balaban J connectivity index is 2.29. The third-order valence-electron chi connectivity index (χ3n) is 2.73. The zero-order valence-corrected chi connectivity index (χ0v) is 9.90. The molecular formula is C12H15N3O2. The van der Waals surface area contributed by atoms with Crippen LogP contribution in [0.25, 0.3) is 11.0 Å². The van der Waals surface area contributed by atoms with E-state index >= 15 is 0 Å². The van der Waals surface area contributed by atoms with Crippen LogP contribution in [0.4, 0.5) is 5.69 Å². The topological polar surface area (TPSA) is 67.2 Å². The van der Waals surface area contributed by atoms with Crippen LogP contribution in [0.1, 0.15) is 12.2 Å². The number of benzene rings is 1. The Morgan fingerprint density at radius 2 is 2.29 bits per heavy atom. The zero-order chi connectivity index (χ0) is 12.4. The Labute approximate surface area is 99.1 Å². The molecule has 90 valence electrons. The predicted octanol–water partition coefficient (Wildman–Crippen LogP) is 1.20. The van der Waals surface area contributed by atoms with Crippen molar-refractivity contribution < 1.29 is 9.90 Å². The van der Waals surface area contributed by atoms with E-state index in [4.69, 9.17) is 5.11 Å². The molecule has 2 aromatic rings. The number of aliphatic hydroxyl groups excluding tert-OH is 1. The standard InChI is InChI=1S/C12H15N3O2/c1-8-13-10-7-9(14-12(17)5-6-16)3-4-11(10)15(8)2/h3-4,7,16H,5-6H2,1-2H3,(H,14,17). The summed E-state index contributed by atoms with van der Waals surface area (Å²) in [7, 11) is 1.95. The van der Waals surface area contributed by atoms with Crippen molar-refractivity contribution in [1.29, 1.82) is 0 Å². The minimum Gasteiger partial charge on any atom is -0.396 e. The molecular weight excluding hydrogens is 218 g/mol. The summed E-state index contributed by atoms with van der Waals surface area (Å²) in [5, 5.41) is 11.4. The number of carbonyl (C=O) groups excluding carboxylic acids is 1. The number of hydrogen-bond donors (Lipinski definition) is 2. The number of aromatic nitrogens is 2. The number of amides is 1. The van der Waals surface area contributed by atoms with Gasteiger partial charge in [-0.25, -0.2) is 4.98 Å². The highest BCUT2D eigenvalue weighted by molar-refractivity contribution is 5.93. The molecule has 0 saturated carbocycles. The third-order valence-corrected chi connectivity index (χ3v) is 2.73. The van der Waals surface area contributed by atoms with Gasteiger partial charge >= 0.3 is 0 Å². The highest BCUT2D eigenvalue weighted by atomic mass is 16.3. The fraction of sp³-hybridized carbons (Fsp3) is 0.333. The Morgan fingerprint density at radius 3 is 3.00 bits per heavy atom. The number of hydrogen-bond acceptors (Lipinski definition) is 3. The van der Waals surface area contributed by atoms with Crippen molar-refractivity contribution in [3.63, 3.8) is 0 Å². The van der Waals surface area contributed by atoms with Gasteiger partial charge in [0, 0.05) is 12.7 Å². The van der Waals surface area contributed by atoms with Crippen LogP contribution in [0.3, 0.4) is 0 Å². The molecule has 0 radical (unpaired) electrons. The molecule has 0 spiro atoms. The Kier molecular flexibility index (Phi) is 3.10. The molecule has 0 aliphatic carbocycles. The SMILES string of the molecule is Cc1nc2cc(NC(=O)CCO)ccc2n1C. The summed E-state index contributed by atoms with van der Waals surface area (Å²) in [5.41, 5.74) is 2.59. The van der Waals surface area contributed by atoms with E-state index in [0.717, 1.165) is 16.9 Å². The number of rotatable bonds is 3. The molecule has 0 fully saturated rings. The summed E-state index contributed by atoms with van der Waals surface area (Å²) in [4.78, 5) is 15.7. The minimum atomic E-state index is -0.195. The van der Waals surface area contributed by atoms with Gasteiger partial charge in [-0.1, -0.05) is 0 Å². The summed E-state index contributed by atoms with van der Waals surface area (Å²) in [6.45, 7) is 1.79. The lowest BCUT2D eigenvalue weighted by Crippen LogP contribution is -2.12. The zero-order valence-electron chi connectivity index (χ0n) is 9.90. The lowest BCUT2D eigenvalue weighted by atomic mass is 10.2. The molecule has 5 heteroatoms. The van der Waals surface area contributed by atoms with Crippen molar-refractivity contribution in [1.82, 2.24) is 9.55 Å². The number of carbonyl (C=O) groups is 1. The van der Waals surface area contributed by atoms with E-state index in [1.54, 1.807) is 0 Å². The van der Waals surface area contributed by atoms with Crippen molar-refractivity contribution >= 4 is 22.6 Å². The van der Waals surface area contributed by atoms with Crippen molar-refractivity contribution in [3.8, 4) is 0 Å². The first kappa shape index (κ1) is 11.6. The second kappa shape index (κ2) is 4.55. The van der Waals surface area contributed by atoms with Gasteiger partial charge in [-0.2, -0.15) is 0 Å². The van der Waals surface area contributed by atoms with Crippen LogP contribution < -0.4 is 5.32 Å². The van der Waals surface area contributed by atoms with Crippen LogP contribution >= 0.6 is 0 Å². The molecule has 0 saturated heterocycles. The second-order valence-corrected chi connectivity index (χ2v) is 3.94. The minimum absolute atomic E-state index is 0.110. The van der Waals surface area contributed by atoms with Crippen LogP contribution in [0, 0.1) is 6.92 Å². The molecule has 1 aromatic carbocycles. The predicted molar refractivity (Wildman–Crippen MR) is 65.8 cm³/mol. The van der Waals surface area contributed by atoms with Gasteiger partial charge in [0.05, 0.1) is 24.1 Å². The smallest absolute Gasteiger partial charge is 0.226 e. The molecule has 1 aromatic heterocycles. The lowest BCUT2D eigenvalue weighted by Gasteiger charge is -2.04. The van der Waals surface area contributed by atoms with Crippen LogP contribution in [0.5, 0.6) is 0 Å². The van der Waals surface area contributed by atoms with E-state index in [9.17, 15) is 4.79 Å². The van der Waals surface area contributed by atoms with Crippen LogP contribution in [0.15, 0.2) is 18.2 Å². The first-order valence-corrected chi connectivity index (χ1v) is 5.45. The van der Waals surface area contributed by atoms with E-state index in [-0.39, 0.29) is 18.9 Å². The number of fused-ring (bicyclic) bond motifs is 1. The second-order valence-electron chi connectivity index (χ2n) is 3.94. The van der Waals surface area contributed by atoms with E-state index < -0.39 is 0 Å². The fourth-order valence-corrected chi connectivity index (χ4v) is 1.72. The number of imidazole rings is 1. The first-order chi connectivity index (χ1) is 8.11. The highest BCUT2D eigenvalue weighted by Crippen LogP contribution is 2.19. The summed E-state index contributed by atoms with van der Waals surface area (Å²) in [6.07, 6.45) is 0.110. The first-order valence-electron chi connectivity index (χ1n) is 5.45. The van der Waals surface area contributed by atoms with Gasteiger partial charge in [-0.3, -0.25) is 4.79 Å². The Bertz CT molecular complexity index is 560. The average Bonchev–Trinajstić information content (AvgIpc) is 2.55. The average molecular weight is 233 g/mol. The Hall–Kier alpha value is -1.88. The maximum atomic E-state index is 11.3. The molecule has 0 bridgehead atoms. The number of aryl methyl sites for hydroxylation is 2. The highest BCUT2D eigenvalue weighted by Gasteiger charge is 2.06. The molecule has 0 atom stereocenters. The van der Waals surface area contributed by atoms with E-state index in [2.05, 4.69) is 10.3 Å². The monoisotopic (exact) mass is 233 g/mol. The summed E-state index contributed by atoms with van der Waals surface area (Å²) >= 11 is 0. The molecule has 1 heterocycles. The maximum absolute atomic E-state index is 11.3. The summed E-state index contributed by atoms with van der Waals surface area (Å²) in [5.74, 6) is 0.735. The molecule has 0 unspecified atom stereocenters. The van der Waals surface area contributed by atoms with Crippen LogP contribution in [0.2, 0.25) is 0 Å². The molecule has 5 nitrogen and oxygen atoms in total. The van der Waals surface area contributed by atoms with E-state index in [1.807, 2.05) is 36.7 Å². The van der Waals surface area contributed by atoms with Crippen molar-refractivity contribution in [2.75, 3.05) is 11.9 Å². The van der Waals surface area contributed by atoms with Crippen molar-refractivity contribution in [2.45, 2.75) is 13.3 Å². The van der Waals surface area contributed by atoms with Crippen molar-refractivity contribution in [3.05, 3.63) is 24.0 Å². The largest absolute Gasteiger partial charge is 0.396 e. The van der Waals surface area contributed by atoms with Gasteiger partial charge in [-0.05, 0) is 25.1 Å². The lowest BCUT2D eigenvalue weighted by molar-refractivity contribution is -0.116. The van der Waals surface area contributed by atoms with Gasteiger partial charge in [0.15, 0.2) is 0 Å². The number of anilines is 1. The molecule has 17 heavy (non-hydrogen) atoms.